The topological polar surface area (TPSA) is 56.5 Å². The van der Waals surface area contributed by atoms with E-state index in [9.17, 15) is 4.79 Å². The third kappa shape index (κ3) is 3.30. The van der Waals surface area contributed by atoms with Gasteiger partial charge in [-0.05, 0) is 49.3 Å². The molecule has 28 heavy (non-hydrogen) atoms. The third-order valence-electron chi connectivity index (χ3n) is 5.61. The normalized spacial score (nSPS) is 15.6. The Kier molecular flexibility index (Phi) is 4.29. The number of hydrogen-bond acceptors (Lipinski definition) is 4. The second-order valence-corrected chi connectivity index (χ2v) is 8.93. The van der Waals surface area contributed by atoms with E-state index < -0.39 is 5.41 Å². The Morgan fingerprint density at radius 3 is 2.43 bits per heavy atom. The van der Waals surface area contributed by atoms with Crippen LogP contribution in [0.4, 0.5) is 0 Å². The van der Waals surface area contributed by atoms with E-state index in [0.717, 1.165) is 29.8 Å². The van der Waals surface area contributed by atoms with Crippen molar-refractivity contribution in [3.63, 3.8) is 0 Å². The lowest BCUT2D eigenvalue weighted by Gasteiger charge is -2.21. The van der Waals surface area contributed by atoms with Crippen LogP contribution in [-0.2, 0) is 27.0 Å². The van der Waals surface area contributed by atoms with Crippen LogP contribution < -0.4 is 0 Å². The highest BCUT2D eigenvalue weighted by atomic mass is 16.5. The average molecular weight is 377 g/mol. The zero-order valence-corrected chi connectivity index (χ0v) is 17.2. The van der Waals surface area contributed by atoms with Crippen LogP contribution in [0.2, 0.25) is 0 Å². The number of rotatable bonds is 4. The average Bonchev–Trinajstić information content (AvgIpc) is 3.34. The van der Waals surface area contributed by atoms with Gasteiger partial charge in [-0.3, -0.25) is 9.20 Å². The predicted molar refractivity (Wildman–Crippen MR) is 108 cm³/mol. The van der Waals surface area contributed by atoms with Crippen LogP contribution in [0.25, 0.3) is 5.78 Å². The van der Waals surface area contributed by atoms with Crippen molar-refractivity contribution in [2.24, 2.45) is 0 Å². The minimum Gasteiger partial charge on any atom is -0.458 e. The van der Waals surface area contributed by atoms with E-state index in [2.05, 4.69) is 55.0 Å². The van der Waals surface area contributed by atoms with Crippen molar-refractivity contribution in [1.29, 1.82) is 0 Å². The number of imidazole rings is 1. The number of ether oxygens (including phenoxy) is 1. The Hall–Kier alpha value is -2.69. The summed E-state index contributed by atoms with van der Waals surface area (Å²) >= 11 is 0. The predicted octanol–water partition coefficient (Wildman–Crippen LogP) is 4.42. The van der Waals surface area contributed by atoms with Crippen LogP contribution in [0.3, 0.4) is 0 Å². The first-order valence-corrected chi connectivity index (χ1v) is 9.79. The molecule has 146 valence electrons. The minimum atomic E-state index is -0.486. The monoisotopic (exact) mass is 377 g/mol. The molecule has 1 fully saturated rings. The van der Waals surface area contributed by atoms with Crippen molar-refractivity contribution in [2.45, 2.75) is 64.9 Å². The van der Waals surface area contributed by atoms with Crippen LogP contribution in [0.1, 0.15) is 61.8 Å². The van der Waals surface area contributed by atoms with Gasteiger partial charge in [0, 0.05) is 17.6 Å². The van der Waals surface area contributed by atoms with Gasteiger partial charge in [0.15, 0.2) is 0 Å². The molecule has 1 aromatic carbocycles. The SMILES string of the molecule is Cc1cc(C)n2cc(COC(=O)C3(c4ccc(C(C)(C)C)cc4)CC3)nc2n1. The number of benzene rings is 1. The van der Waals surface area contributed by atoms with Crippen LogP contribution in [-0.4, -0.2) is 20.3 Å². The van der Waals surface area contributed by atoms with Crippen molar-refractivity contribution in [2.75, 3.05) is 0 Å². The van der Waals surface area contributed by atoms with E-state index in [0.29, 0.717) is 11.5 Å². The molecule has 2 heterocycles. The van der Waals surface area contributed by atoms with E-state index in [4.69, 9.17) is 4.74 Å². The molecule has 5 heteroatoms. The molecule has 0 aliphatic heterocycles. The molecule has 1 aliphatic rings. The van der Waals surface area contributed by atoms with Crippen LogP contribution in [0, 0.1) is 13.8 Å². The fraction of sp³-hybridized carbons (Fsp3) is 0.435. The van der Waals surface area contributed by atoms with Crippen LogP contribution in [0.15, 0.2) is 36.5 Å². The number of aromatic nitrogens is 3. The largest absolute Gasteiger partial charge is 0.458 e. The van der Waals surface area contributed by atoms with Crippen LogP contribution >= 0.6 is 0 Å². The summed E-state index contributed by atoms with van der Waals surface area (Å²) in [5, 5.41) is 0. The van der Waals surface area contributed by atoms with Crippen molar-refractivity contribution in [3.05, 3.63) is 64.7 Å². The number of nitrogens with zero attached hydrogens (tertiary/aromatic N) is 3. The highest BCUT2D eigenvalue weighted by Gasteiger charge is 2.52. The molecule has 0 bridgehead atoms. The minimum absolute atomic E-state index is 0.101. The number of carbonyl (C=O) groups is 1. The highest BCUT2D eigenvalue weighted by Crippen LogP contribution is 2.49. The summed E-state index contributed by atoms with van der Waals surface area (Å²) in [6.07, 6.45) is 3.57. The second-order valence-electron chi connectivity index (χ2n) is 8.93. The number of hydrogen-bond donors (Lipinski definition) is 0. The summed E-state index contributed by atoms with van der Waals surface area (Å²) in [5.74, 6) is 0.483. The van der Waals surface area contributed by atoms with Gasteiger partial charge in [0.2, 0.25) is 5.78 Å². The molecule has 0 amide bonds. The molecule has 0 saturated heterocycles. The molecule has 0 radical (unpaired) electrons. The van der Waals surface area contributed by atoms with Crippen LogP contribution in [0.5, 0.6) is 0 Å². The maximum Gasteiger partial charge on any atom is 0.316 e. The van der Waals surface area contributed by atoms with Crippen molar-refractivity contribution in [1.82, 2.24) is 14.4 Å². The highest BCUT2D eigenvalue weighted by molar-refractivity contribution is 5.86. The molecule has 1 saturated carbocycles. The molecular weight excluding hydrogens is 350 g/mol. The van der Waals surface area contributed by atoms with E-state index in [1.54, 1.807) is 0 Å². The number of esters is 1. The van der Waals surface area contributed by atoms with E-state index in [1.807, 2.05) is 30.5 Å². The van der Waals surface area contributed by atoms with Crippen molar-refractivity contribution >= 4 is 11.7 Å². The molecule has 0 unspecified atom stereocenters. The molecule has 0 spiro atoms. The van der Waals surface area contributed by atoms with Gasteiger partial charge in [-0.2, -0.15) is 0 Å². The molecule has 2 aromatic heterocycles. The zero-order chi connectivity index (χ0) is 20.1. The molecule has 1 aliphatic carbocycles. The first-order chi connectivity index (χ1) is 13.2. The fourth-order valence-electron chi connectivity index (χ4n) is 3.69. The van der Waals surface area contributed by atoms with Gasteiger partial charge in [0.1, 0.15) is 6.61 Å². The molecule has 0 atom stereocenters. The summed E-state index contributed by atoms with van der Waals surface area (Å²) in [7, 11) is 0. The van der Waals surface area contributed by atoms with Gasteiger partial charge < -0.3 is 4.74 Å². The van der Waals surface area contributed by atoms with E-state index in [1.165, 1.54) is 5.56 Å². The lowest BCUT2D eigenvalue weighted by atomic mass is 9.85. The van der Waals surface area contributed by atoms with Gasteiger partial charge in [0.25, 0.3) is 0 Å². The summed E-state index contributed by atoms with van der Waals surface area (Å²) in [6.45, 7) is 10.7. The van der Waals surface area contributed by atoms with Gasteiger partial charge in [-0.25, -0.2) is 9.97 Å². The Bertz CT molecular complexity index is 1040. The maximum atomic E-state index is 12.8. The Morgan fingerprint density at radius 2 is 1.82 bits per heavy atom. The summed E-state index contributed by atoms with van der Waals surface area (Å²) in [4.78, 5) is 21.8. The number of fused-ring (bicyclic) bond motifs is 1. The standard InChI is InChI=1S/C23H27N3O2/c1-15-12-16(2)26-13-19(25-21(26)24-15)14-28-20(27)23(10-11-23)18-8-6-17(7-9-18)22(3,4)5/h6-9,12-13H,10-11,14H2,1-5H3. The van der Waals surface area contributed by atoms with Crippen molar-refractivity contribution in [3.8, 4) is 0 Å². The summed E-state index contributed by atoms with van der Waals surface area (Å²) in [6, 6.07) is 10.4. The lowest BCUT2D eigenvalue weighted by Crippen LogP contribution is -2.23. The second kappa shape index (κ2) is 6.43. The zero-order valence-electron chi connectivity index (χ0n) is 17.2. The third-order valence-corrected chi connectivity index (χ3v) is 5.61. The maximum absolute atomic E-state index is 12.8. The van der Waals surface area contributed by atoms with Gasteiger partial charge in [-0.1, -0.05) is 45.0 Å². The van der Waals surface area contributed by atoms with Gasteiger partial charge in [-0.15, -0.1) is 0 Å². The molecule has 5 nitrogen and oxygen atoms in total. The first-order valence-electron chi connectivity index (χ1n) is 9.79. The van der Waals surface area contributed by atoms with Gasteiger partial charge in [0.05, 0.1) is 11.1 Å². The summed E-state index contributed by atoms with van der Waals surface area (Å²) < 4.78 is 7.59. The number of aryl methyl sites for hydroxylation is 2. The fourth-order valence-corrected chi connectivity index (χ4v) is 3.69. The Balaban J connectivity index is 1.48. The first kappa shape index (κ1) is 18.7. The molecule has 3 aromatic rings. The van der Waals surface area contributed by atoms with E-state index in [-0.39, 0.29) is 18.0 Å². The number of carbonyl (C=O) groups excluding carboxylic acids is 1. The Morgan fingerprint density at radius 1 is 1.14 bits per heavy atom. The Labute approximate surface area is 165 Å². The molecule has 4 rings (SSSR count). The smallest absolute Gasteiger partial charge is 0.316 e. The lowest BCUT2D eigenvalue weighted by molar-refractivity contribution is -0.148. The van der Waals surface area contributed by atoms with Gasteiger partial charge >= 0.3 is 5.97 Å². The van der Waals surface area contributed by atoms with E-state index >= 15 is 0 Å². The molecular formula is C23H27N3O2. The molecule has 0 N–H and O–H groups in total. The quantitative estimate of drug-likeness (QED) is 0.632. The van der Waals surface area contributed by atoms with Crippen molar-refractivity contribution < 1.29 is 9.53 Å². The summed E-state index contributed by atoms with van der Waals surface area (Å²) in [5.41, 5.74) is 4.63.